The number of nitrogens with zero attached hydrogens (tertiary/aromatic N) is 4. The van der Waals surface area contributed by atoms with Crippen LogP contribution in [0.3, 0.4) is 0 Å². The van der Waals surface area contributed by atoms with E-state index >= 15 is 0 Å². The number of carbonyl (C=O) groups excluding carboxylic acids is 2. The number of benzene rings is 4. The second-order valence-corrected chi connectivity index (χ2v) is 23.3. The molecule has 0 aliphatic carbocycles. The number of fused-ring (bicyclic) bond motifs is 2. The Bertz CT molecular complexity index is 3020. The molecule has 0 amide bonds. The highest BCUT2D eigenvalue weighted by Crippen LogP contribution is 2.31. The van der Waals surface area contributed by atoms with Crippen LogP contribution in [0.25, 0.3) is 21.8 Å². The van der Waals surface area contributed by atoms with Crippen LogP contribution in [0.15, 0.2) is 107 Å². The van der Waals surface area contributed by atoms with Gasteiger partial charge in [-0.3, -0.25) is 14.8 Å². The number of hydrogen-bond donors (Lipinski definition) is 1. The average molecular weight is 1110 g/mol. The first-order chi connectivity index (χ1) is 34.2. The molecule has 0 bridgehead atoms. The Balaban J connectivity index is 0.000000276. The van der Waals surface area contributed by atoms with Crippen LogP contribution in [0.5, 0.6) is 11.5 Å². The molecule has 0 unspecified atom stereocenters. The van der Waals surface area contributed by atoms with Gasteiger partial charge in [0.1, 0.15) is 34.6 Å². The van der Waals surface area contributed by atoms with Crippen molar-refractivity contribution in [2.24, 2.45) is 0 Å². The van der Waals surface area contributed by atoms with Crippen LogP contribution in [0.1, 0.15) is 74.9 Å². The second-order valence-electron chi connectivity index (χ2n) is 19.0. The molecule has 0 atom stereocenters. The largest absolute Gasteiger partial charge is 0.497 e. The molecule has 0 aliphatic rings. The van der Waals surface area contributed by atoms with Crippen LogP contribution < -0.4 is 9.47 Å². The predicted octanol–water partition coefficient (Wildman–Crippen LogP) is 9.18. The summed E-state index contributed by atoms with van der Waals surface area (Å²) in [5, 5.41) is 11.6. The molecule has 0 fully saturated rings. The number of methoxy groups -OCH3 is 2. The van der Waals surface area contributed by atoms with Gasteiger partial charge in [-0.25, -0.2) is 21.6 Å². The van der Waals surface area contributed by atoms with Gasteiger partial charge in [-0.05, 0) is 151 Å². The molecule has 0 radical (unpaired) electrons. The van der Waals surface area contributed by atoms with Crippen LogP contribution in [-0.4, -0.2) is 116 Å². The quantitative estimate of drug-likeness (QED) is 0.0485. The molecular weight excluding hydrogens is 1040 g/mol. The number of sulfonamides is 2. The van der Waals surface area contributed by atoms with Gasteiger partial charge < -0.3 is 28.8 Å². The summed E-state index contributed by atoms with van der Waals surface area (Å²) in [4.78, 5) is 31.9. The molecule has 2 heterocycles. The van der Waals surface area contributed by atoms with Crippen molar-refractivity contribution in [3.63, 3.8) is 0 Å². The number of hydrogen-bond acceptors (Lipinski definition) is 14. The molecule has 16 nitrogen and oxygen atoms in total. The van der Waals surface area contributed by atoms with Crippen molar-refractivity contribution < 1.29 is 55.2 Å². The highest BCUT2D eigenvalue weighted by Gasteiger charge is 2.30. The lowest BCUT2D eigenvalue weighted by molar-refractivity contribution is -0.160. The smallest absolute Gasteiger partial charge is 0.332 e. The van der Waals surface area contributed by atoms with Crippen LogP contribution in [0.2, 0.25) is 0 Å². The molecule has 2 aromatic heterocycles. The molecular formula is C54H69BrN4O12S2. The number of aliphatic hydroxyl groups excluding tert-OH is 1. The average Bonchev–Trinajstić information content (AvgIpc) is 3.30. The first-order valence-electron chi connectivity index (χ1n) is 23.4. The summed E-state index contributed by atoms with van der Waals surface area (Å²) in [7, 11) is -4.63. The normalized spacial score (nSPS) is 11.9. The number of aliphatic hydroxyl groups is 1. The maximum atomic E-state index is 13.9. The molecule has 4 aromatic carbocycles. The van der Waals surface area contributed by atoms with E-state index in [2.05, 4.69) is 25.9 Å². The SMILES string of the molecule is CC(C)(C)OC(=O)CBr.COc1cc(C)c(S(=O)(=O)N(CCO)Cc2cnc3ccccc3c2)c(C)c1.COc1cc(C)c(S(=O)(=O)N(CCOCC(=O)OC(C)(C)C)Cc2cnc3ccccc3c2)c(C)c1. The van der Waals surface area contributed by atoms with Crippen molar-refractivity contribution >= 4 is 69.7 Å². The minimum Gasteiger partial charge on any atom is -0.497 e. The first kappa shape index (κ1) is 60.0. The van der Waals surface area contributed by atoms with Gasteiger partial charge in [0.15, 0.2) is 0 Å². The molecule has 19 heteroatoms. The van der Waals surface area contributed by atoms with Gasteiger partial charge in [0.05, 0.1) is 48.3 Å². The van der Waals surface area contributed by atoms with Gasteiger partial charge in [0.2, 0.25) is 20.0 Å². The number of esters is 2. The van der Waals surface area contributed by atoms with E-state index in [9.17, 15) is 31.5 Å². The van der Waals surface area contributed by atoms with Crippen molar-refractivity contribution in [3.8, 4) is 11.5 Å². The Morgan fingerprint density at radius 2 is 0.986 bits per heavy atom. The summed E-state index contributed by atoms with van der Waals surface area (Å²) in [6, 6.07) is 26.0. The van der Waals surface area contributed by atoms with Crippen molar-refractivity contribution in [3.05, 3.63) is 131 Å². The van der Waals surface area contributed by atoms with Crippen LogP contribution in [-0.2, 0) is 56.9 Å². The highest BCUT2D eigenvalue weighted by molar-refractivity contribution is 9.09. The van der Waals surface area contributed by atoms with E-state index in [1.807, 2.05) is 81.4 Å². The number of rotatable bonds is 18. The zero-order chi connectivity index (χ0) is 54.3. The zero-order valence-corrected chi connectivity index (χ0v) is 47.0. The van der Waals surface area contributed by atoms with Gasteiger partial charge in [0.25, 0.3) is 0 Å². The number of halogens is 1. The summed E-state index contributed by atoms with van der Waals surface area (Å²) in [6.45, 7) is 17.6. The number of carbonyl (C=O) groups is 2. The molecule has 0 saturated heterocycles. The lowest BCUT2D eigenvalue weighted by Crippen LogP contribution is -2.35. The molecule has 0 aliphatic heterocycles. The molecule has 0 saturated carbocycles. The van der Waals surface area contributed by atoms with Gasteiger partial charge in [-0.1, -0.05) is 52.3 Å². The van der Waals surface area contributed by atoms with E-state index in [0.29, 0.717) is 33.8 Å². The standard InChI is InChI=1S/C27H34N2O6S.C21H24N2O4S.C6H11BrO2/c1-19-13-23(33-6)14-20(2)26(19)36(31,32)29(11-12-34-18-25(30)35-27(3,4)5)17-21-15-22-9-7-8-10-24(22)28-16-21;1-15-10-19(27-3)11-16(2)21(15)28(25,26)23(8-9-24)14-17-12-18-6-4-5-7-20(18)22-13-17;1-6(2,3)9-5(8)4-7/h7-10,13-16H,11-12,17-18H2,1-6H3;4-7,10-13,24H,8-9,14H2,1-3H3;4H2,1-3H3. The molecule has 0 spiro atoms. The Kier molecular flexibility index (Phi) is 21.9. The summed E-state index contributed by atoms with van der Waals surface area (Å²) >= 11 is 2.99. The van der Waals surface area contributed by atoms with Crippen molar-refractivity contribution in [1.29, 1.82) is 0 Å². The minimum absolute atomic E-state index is 0.0000688. The van der Waals surface area contributed by atoms with Crippen molar-refractivity contribution in [2.75, 3.05) is 52.5 Å². The zero-order valence-electron chi connectivity index (χ0n) is 43.8. The maximum absolute atomic E-state index is 13.9. The monoisotopic (exact) mass is 1110 g/mol. The number of aryl methyl sites for hydroxylation is 4. The fraction of sp³-hybridized carbons (Fsp3) is 0.407. The van der Waals surface area contributed by atoms with Crippen LogP contribution in [0, 0.1) is 27.7 Å². The summed E-state index contributed by atoms with van der Waals surface area (Å²) in [6.07, 6.45) is 3.36. The van der Waals surface area contributed by atoms with Crippen LogP contribution >= 0.6 is 15.9 Å². The molecule has 6 aromatic rings. The van der Waals surface area contributed by atoms with Gasteiger partial charge >= 0.3 is 11.9 Å². The predicted molar refractivity (Wildman–Crippen MR) is 287 cm³/mol. The van der Waals surface area contributed by atoms with E-state index in [0.717, 1.165) is 32.9 Å². The third-order valence-electron chi connectivity index (χ3n) is 10.6. The van der Waals surface area contributed by atoms with Crippen molar-refractivity contribution in [2.45, 2.75) is 103 Å². The summed E-state index contributed by atoms with van der Waals surface area (Å²) < 4.78 is 83.3. The molecule has 1 N–H and O–H groups in total. The Labute approximate surface area is 439 Å². The Morgan fingerprint density at radius 1 is 0.603 bits per heavy atom. The highest BCUT2D eigenvalue weighted by atomic mass is 79.9. The van der Waals surface area contributed by atoms with E-state index in [1.54, 1.807) is 99.3 Å². The molecule has 6 rings (SSSR count). The van der Waals surface area contributed by atoms with Crippen LogP contribution in [0.4, 0.5) is 0 Å². The Hall–Kier alpha value is -5.54. The van der Waals surface area contributed by atoms with Gasteiger partial charge in [0, 0.05) is 49.3 Å². The fourth-order valence-electron chi connectivity index (χ4n) is 7.68. The number of alkyl halides is 1. The fourth-order valence-corrected chi connectivity index (χ4v) is 11.5. The van der Waals surface area contributed by atoms with E-state index < -0.39 is 31.6 Å². The summed E-state index contributed by atoms with van der Waals surface area (Å²) in [5.74, 6) is 0.483. The molecule has 396 valence electrons. The third kappa shape index (κ3) is 17.8. The van der Waals surface area contributed by atoms with E-state index in [4.69, 9.17) is 23.7 Å². The third-order valence-corrected chi connectivity index (χ3v) is 15.3. The molecule has 73 heavy (non-hydrogen) atoms. The van der Waals surface area contributed by atoms with E-state index in [1.165, 1.54) is 8.61 Å². The van der Waals surface area contributed by atoms with E-state index in [-0.39, 0.29) is 72.7 Å². The lowest BCUT2D eigenvalue weighted by atomic mass is 10.1. The van der Waals surface area contributed by atoms with Gasteiger partial charge in [-0.2, -0.15) is 8.61 Å². The topological polar surface area (TPSA) is 201 Å². The number of ether oxygens (including phenoxy) is 5. The minimum atomic E-state index is -3.91. The first-order valence-corrected chi connectivity index (χ1v) is 27.4. The summed E-state index contributed by atoms with van der Waals surface area (Å²) in [5.41, 5.74) is 4.60. The number of para-hydroxylation sites is 2. The maximum Gasteiger partial charge on any atom is 0.332 e. The Morgan fingerprint density at radius 3 is 1.34 bits per heavy atom. The second kappa shape index (κ2) is 26.6. The number of pyridine rings is 2. The van der Waals surface area contributed by atoms with Crippen molar-refractivity contribution in [1.82, 2.24) is 18.6 Å². The lowest BCUT2D eigenvalue weighted by Gasteiger charge is -2.25. The van der Waals surface area contributed by atoms with Gasteiger partial charge in [-0.15, -0.1) is 0 Å². The number of aromatic nitrogens is 2.